The fourth-order valence-electron chi connectivity index (χ4n) is 3.26. The van der Waals surface area contributed by atoms with Crippen LogP contribution in [0.5, 0.6) is 5.75 Å². The third kappa shape index (κ3) is 3.95. The van der Waals surface area contributed by atoms with Crippen LogP contribution in [0.25, 0.3) is 0 Å². The van der Waals surface area contributed by atoms with Crippen LogP contribution in [-0.2, 0) is 4.79 Å². The van der Waals surface area contributed by atoms with Crippen LogP contribution >= 0.6 is 11.3 Å². The van der Waals surface area contributed by atoms with Gasteiger partial charge in [-0.05, 0) is 36.1 Å². The molecule has 7 heteroatoms. The zero-order chi connectivity index (χ0) is 20.3. The highest BCUT2D eigenvalue weighted by Crippen LogP contribution is 2.39. The average molecular weight is 402 g/mol. The average Bonchev–Trinajstić information content (AvgIpc) is 3.29. The van der Waals surface area contributed by atoms with E-state index in [1.807, 2.05) is 45.3 Å². The molecule has 3 rings (SSSR count). The third-order valence-electron chi connectivity index (χ3n) is 4.65. The maximum Gasteiger partial charge on any atom is 0.290 e. The summed E-state index contributed by atoms with van der Waals surface area (Å²) in [6.45, 7) is 3.60. The second-order valence-corrected chi connectivity index (χ2v) is 7.88. The van der Waals surface area contributed by atoms with Gasteiger partial charge >= 0.3 is 0 Å². The van der Waals surface area contributed by atoms with Crippen LogP contribution in [0.1, 0.15) is 28.2 Å². The predicted octanol–water partition coefficient (Wildman–Crippen LogP) is 1.87. The Kier molecular flexibility index (Phi) is 6.16. The van der Waals surface area contributed by atoms with E-state index >= 15 is 0 Å². The number of carbonyl (C=O) groups excluding carboxylic acids is 2. The fraction of sp³-hybridized carbons (Fsp3) is 0.333. The quantitative estimate of drug-likeness (QED) is 0.663. The predicted molar refractivity (Wildman–Crippen MR) is 108 cm³/mol. The molecule has 148 valence electrons. The number of amides is 1. The zero-order valence-electron chi connectivity index (χ0n) is 16.3. The number of rotatable bonds is 8. The second-order valence-electron chi connectivity index (χ2n) is 6.93. The van der Waals surface area contributed by atoms with Crippen molar-refractivity contribution in [2.24, 2.45) is 0 Å². The van der Waals surface area contributed by atoms with Crippen molar-refractivity contribution >= 4 is 23.0 Å². The first-order valence-corrected chi connectivity index (χ1v) is 10.2. The van der Waals surface area contributed by atoms with Crippen LogP contribution in [0.15, 0.2) is 53.1 Å². The van der Waals surface area contributed by atoms with Crippen LogP contribution in [0.3, 0.4) is 0 Å². The highest BCUT2D eigenvalue weighted by molar-refractivity contribution is 7.12. The first-order valence-electron chi connectivity index (χ1n) is 9.28. The normalized spacial score (nSPS) is 16.9. The van der Waals surface area contributed by atoms with Gasteiger partial charge in [0.05, 0.1) is 50.3 Å². The maximum atomic E-state index is 13.1. The van der Waals surface area contributed by atoms with E-state index in [9.17, 15) is 14.7 Å². The van der Waals surface area contributed by atoms with Gasteiger partial charge in [-0.2, -0.15) is 0 Å². The smallest absolute Gasteiger partial charge is 0.290 e. The van der Waals surface area contributed by atoms with Crippen molar-refractivity contribution in [1.82, 2.24) is 4.90 Å². The first-order chi connectivity index (χ1) is 13.4. The molecular formula is C21H25N2O4S+. The van der Waals surface area contributed by atoms with E-state index in [1.165, 1.54) is 16.2 Å². The molecule has 2 aromatic rings. The number of Topliss-reactive ketones (excluding diaryl/α,β-unsaturated/α-hetero) is 1. The van der Waals surface area contributed by atoms with Gasteiger partial charge in [0.1, 0.15) is 5.75 Å². The Bertz CT molecular complexity index is 872. The fourth-order valence-corrected chi connectivity index (χ4v) is 3.94. The Hall–Kier alpha value is -2.64. The van der Waals surface area contributed by atoms with Crippen molar-refractivity contribution in [3.63, 3.8) is 0 Å². The largest absolute Gasteiger partial charge is 0.503 e. The van der Waals surface area contributed by atoms with Gasteiger partial charge in [-0.25, -0.2) is 0 Å². The molecule has 0 fully saturated rings. The molecule has 0 saturated heterocycles. The van der Waals surface area contributed by atoms with E-state index in [2.05, 4.69) is 0 Å². The molecule has 28 heavy (non-hydrogen) atoms. The maximum absolute atomic E-state index is 13.1. The lowest BCUT2D eigenvalue weighted by atomic mass is 9.95. The summed E-state index contributed by atoms with van der Waals surface area (Å²) in [4.78, 5) is 29.1. The van der Waals surface area contributed by atoms with Crippen molar-refractivity contribution in [2.45, 2.75) is 13.0 Å². The number of nitrogens with zero attached hydrogens (tertiary/aromatic N) is 1. The summed E-state index contributed by atoms with van der Waals surface area (Å²) < 4.78 is 5.49. The van der Waals surface area contributed by atoms with Crippen LogP contribution in [0.4, 0.5) is 0 Å². The Balaban J connectivity index is 2.01. The number of ketones is 1. The third-order valence-corrected chi connectivity index (χ3v) is 5.52. The lowest BCUT2D eigenvalue weighted by Gasteiger charge is -2.27. The van der Waals surface area contributed by atoms with Crippen molar-refractivity contribution in [1.29, 1.82) is 0 Å². The molecule has 0 saturated carbocycles. The number of thiophene rings is 1. The summed E-state index contributed by atoms with van der Waals surface area (Å²) in [6.07, 6.45) is 0. The molecule has 0 spiro atoms. The minimum Gasteiger partial charge on any atom is -0.503 e. The number of aliphatic hydroxyl groups excluding tert-OH is 1. The minimum atomic E-state index is -0.614. The van der Waals surface area contributed by atoms with Gasteiger partial charge in [0.2, 0.25) is 5.78 Å². The second kappa shape index (κ2) is 8.58. The van der Waals surface area contributed by atoms with Gasteiger partial charge in [0.15, 0.2) is 5.76 Å². The van der Waals surface area contributed by atoms with E-state index in [0.29, 0.717) is 24.6 Å². The van der Waals surface area contributed by atoms with Gasteiger partial charge in [0.25, 0.3) is 5.91 Å². The number of nitrogens with one attached hydrogen (secondary N) is 1. The van der Waals surface area contributed by atoms with E-state index in [4.69, 9.17) is 4.74 Å². The molecule has 2 N–H and O–H groups in total. The van der Waals surface area contributed by atoms with E-state index in [0.717, 1.165) is 11.3 Å². The van der Waals surface area contributed by atoms with E-state index < -0.39 is 17.7 Å². The Morgan fingerprint density at radius 3 is 2.54 bits per heavy atom. The van der Waals surface area contributed by atoms with Crippen LogP contribution in [0.2, 0.25) is 0 Å². The van der Waals surface area contributed by atoms with Gasteiger partial charge in [-0.1, -0.05) is 18.2 Å². The minimum absolute atomic E-state index is 0.144. The topological polar surface area (TPSA) is 71.3 Å². The van der Waals surface area contributed by atoms with Crippen LogP contribution < -0.4 is 9.64 Å². The number of carbonyl (C=O) groups is 2. The molecule has 0 aliphatic carbocycles. The summed E-state index contributed by atoms with van der Waals surface area (Å²) >= 11 is 1.30. The molecule has 1 aromatic carbocycles. The summed E-state index contributed by atoms with van der Waals surface area (Å²) in [5.41, 5.74) is 0.917. The Labute approximate surface area is 168 Å². The van der Waals surface area contributed by atoms with E-state index in [-0.39, 0.29) is 11.4 Å². The molecule has 0 bridgehead atoms. The lowest BCUT2D eigenvalue weighted by Crippen LogP contribution is -3.06. The summed E-state index contributed by atoms with van der Waals surface area (Å²) in [6, 6.07) is 10.2. The molecule has 0 unspecified atom stereocenters. The molecular weight excluding hydrogens is 376 g/mol. The molecule has 1 atom stereocenters. The van der Waals surface area contributed by atoms with Crippen molar-refractivity contribution < 1.29 is 24.3 Å². The van der Waals surface area contributed by atoms with Crippen molar-refractivity contribution in [3.05, 3.63) is 63.6 Å². The number of benzene rings is 1. The number of quaternary nitrogens is 1. The number of hydrogen-bond donors (Lipinski definition) is 2. The highest BCUT2D eigenvalue weighted by Gasteiger charge is 2.44. The summed E-state index contributed by atoms with van der Waals surface area (Å²) in [5, 5.41) is 12.4. The zero-order valence-corrected chi connectivity index (χ0v) is 17.1. The van der Waals surface area contributed by atoms with Gasteiger partial charge in [0, 0.05) is 0 Å². The molecule has 2 heterocycles. The highest BCUT2D eigenvalue weighted by atomic mass is 32.1. The molecule has 1 aromatic heterocycles. The van der Waals surface area contributed by atoms with Crippen molar-refractivity contribution in [2.75, 3.05) is 33.8 Å². The lowest BCUT2D eigenvalue weighted by molar-refractivity contribution is -0.857. The molecule has 0 radical (unpaired) electrons. The van der Waals surface area contributed by atoms with Crippen LogP contribution in [0, 0.1) is 0 Å². The monoisotopic (exact) mass is 401 g/mol. The van der Waals surface area contributed by atoms with Crippen LogP contribution in [-0.4, -0.2) is 55.5 Å². The Morgan fingerprint density at radius 2 is 1.96 bits per heavy atom. The van der Waals surface area contributed by atoms with E-state index in [1.54, 1.807) is 22.4 Å². The van der Waals surface area contributed by atoms with Crippen molar-refractivity contribution in [3.8, 4) is 5.75 Å². The number of hydrogen-bond acceptors (Lipinski definition) is 5. The molecule has 6 nitrogen and oxygen atoms in total. The number of ether oxygens (including phenoxy) is 1. The number of likely N-dealkylation sites (N-methyl/N-ethyl adjacent to an activating group) is 1. The molecule has 1 amide bonds. The number of aliphatic hydroxyl groups is 1. The van der Waals surface area contributed by atoms with Gasteiger partial charge in [-0.15, -0.1) is 11.3 Å². The first kappa shape index (κ1) is 20.1. The SMILES string of the molecule is CCOc1ccc([C@H]2C(C(=O)c3cccs3)=C(O)C(=O)N2CC[NH+](C)C)cc1. The summed E-state index contributed by atoms with van der Waals surface area (Å²) in [5.74, 6) is -0.537. The molecule has 1 aliphatic heterocycles. The molecule has 1 aliphatic rings. The Morgan fingerprint density at radius 1 is 1.25 bits per heavy atom. The standard InChI is InChI=1S/C21H24N2O4S/c1-4-27-15-9-7-14(8-10-15)18-17(19(24)16-6-5-13-28-16)20(25)21(26)23(18)12-11-22(2)3/h5-10,13,18,25H,4,11-12H2,1-3H3/p+1/t18-/m0/s1. The van der Waals surface area contributed by atoms with Gasteiger partial charge in [-0.3, -0.25) is 9.59 Å². The summed E-state index contributed by atoms with van der Waals surface area (Å²) in [7, 11) is 3.99. The van der Waals surface area contributed by atoms with Gasteiger partial charge < -0.3 is 19.6 Å².